The van der Waals surface area contributed by atoms with Crippen molar-refractivity contribution in [3.05, 3.63) is 59.4 Å². The van der Waals surface area contributed by atoms with Gasteiger partial charge in [0, 0.05) is 44.0 Å². The SMILES string of the molecule is CCOC(=O)c1ccc(N2CCN(C(=O)Cc3csc(-c4ccccn4)n3)CC2)nc1. The summed E-state index contributed by atoms with van der Waals surface area (Å²) < 4.78 is 4.98. The Hall–Kier alpha value is -3.33. The average Bonchev–Trinajstić information content (AvgIpc) is 3.28. The second-order valence-corrected chi connectivity index (χ2v) is 7.89. The van der Waals surface area contributed by atoms with Crippen molar-refractivity contribution >= 4 is 29.0 Å². The van der Waals surface area contributed by atoms with Crippen molar-refractivity contribution < 1.29 is 14.3 Å². The number of carbonyl (C=O) groups excluding carboxylic acids is 2. The van der Waals surface area contributed by atoms with Gasteiger partial charge in [-0.05, 0) is 31.2 Å². The van der Waals surface area contributed by atoms with E-state index >= 15 is 0 Å². The van der Waals surface area contributed by atoms with Crippen LogP contribution in [0.2, 0.25) is 0 Å². The molecule has 0 atom stereocenters. The second kappa shape index (κ2) is 9.65. The number of thiazole rings is 1. The molecule has 1 saturated heterocycles. The number of carbonyl (C=O) groups is 2. The molecule has 1 amide bonds. The number of amides is 1. The van der Waals surface area contributed by atoms with Crippen LogP contribution in [-0.2, 0) is 16.0 Å². The lowest BCUT2D eigenvalue weighted by atomic mass is 10.2. The first-order chi connectivity index (χ1) is 15.1. The molecule has 0 saturated carbocycles. The van der Waals surface area contributed by atoms with E-state index in [4.69, 9.17) is 4.74 Å². The topological polar surface area (TPSA) is 88.5 Å². The first-order valence-corrected chi connectivity index (χ1v) is 11.0. The Kier molecular flexibility index (Phi) is 6.51. The molecule has 0 unspecified atom stereocenters. The summed E-state index contributed by atoms with van der Waals surface area (Å²) in [5.74, 6) is 0.494. The van der Waals surface area contributed by atoms with E-state index in [2.05, 4.69) is 19.9 Å². The van der Waals surface area contributed by atoms with Gasteiger partial charge in [-0.1, -0.05) is 6.07 Å². The number of rotatable bonds is 6. The molecule has 1 aliphatic heterocycles. The molecule has 0 bridgehead atoms. The van der Waals surface area contributed by atoms with Crippen molar-refractivity contribution in [3.8, 4) is 10.7 Å². The largest absolute Gasteiger partial charge is 0.462 e. The van der Waals surface area contributed by atoms with Gasteiger partial charge in [0.1, 0.15) is 10.8 Å². The molecule has 0 aliphatic carbocycles. The number of nitrogens with zero attached hydrogens (tertiary/aromatic N) is 5. The van der Waals surface area contributed by atoms with Crippen LogP contribution in [0.5, 0.6) is 0 Å². The van der Waals surface area contributed by atoms with Gasteiger partial charge in [-0.15, -0.1) is 11.3 Å². The Balaban J connectivity index is 1.30. The van der Waals surface area contributed by atoms with Crippen LogP contribution in [0.4, 0.5) is 5.82 Å². The van der Waals surface area contributed by atoms with Gasteiger partial charge >= 0.3 is 5.97 Å². The highest BCUT2D eigenvalue weighted by Crippen LogP contribution is 2.22. The number of anilines is 1. The lowest BCUT2D eigenvalue weighted by Crippen LogP contribution is -2.49. The van der Waals surface area contributed by atoms with E-state index in [0.717, 1.165) is 22.2 Å². The van der Waals surface area contributed by atoms with Gasteiger partial charge < -0.3 is 14.5 Å². The van der Waals surface area contributed by atoms with Crippen molar-refractivity contribution in [3.63, 3.8) is 0 Å². The fourth-order valence-corrected chi connectivity index (χ4v) is 4.15. The summed E-state index contributed by atoms with van der Waals surface area (Å²) in [5.41, 5.74) is 2.03. The number of hydrogen-bond donors (Lipinski definition) is 0. The molecule has 0 N–H and O–H groups in total. The first kappa shape index (κ1) is 20.9. The Labute approximate surface area is 184 Å². The van der Waals surface area contributed by atoms with Gasteiger partial charge in [0.05, 0.1) is 30.0 Å². The fourth-order valence-electron chi connectivity index (χ4n) is 3.36. The molecule has 3 aromatic heterocycles. The third kappa shape index (κ3) is 5.05. The zero-order valence-corrected chi connectivity index (χ0v) is 18.0. The Bertz CT molecular complexity index is 1030. The molecule has 8 nitrogen and oxygen atoms in total. The maximum absolute atomic E-state index is 12.7. The summed E-state index contributed by atoms with van der Waals surface area (Å²) in [6.45, 7) is 4.73. The molecule has 4 rings (SSSR count). The molecule has 9 heteroatoms. The Morgan fingerprint density at radius 3 is 2.61 bits per heavy atom. The molecule has 1 fully saturated rings. The van der Waals surface area contributed by atoms with E-state index in [9.17, 15) is 9.59 Å². The molecule has 0 radical (unpaired) electrons. The fraction of sp³-hybridized carbons (Fsp3) is 0.318. The third-order valence-corrected chi connectivity index (χ3v) is 5.90. The lowest BCUT2D eigenvalue weighted by molar-refractivity contribution is -0.130. The number of piperazine rings is 1. The van der Waals surface area contributed by atoms with E-state index in [0.29, 0.717) is 38.3 Å². The number of pyridine rings is 2. The van der Waals surface area contributed by atoms with E-state index in [1.165, 1.54) is 17.5 Å². The van der Waals surface area contributed by atoms with E-state index < -0.39 is 0 Å². The molecule has 1 aliphatic rings. The third-order valence-electron chi connectivity index (χ3n) is 4.98. The van der Waals surface area contributed by atoms with E-state index in [1.54, 1.807) is 19.2 Å². The van der Waals surface area contributed by atoms with Crippen LogP contribution < -0.4 is 4.90 Å². The van der Waals surface area contributed by atoms with E-state index in [-0.39, 0.29) is 18.3 Å². The van der Waals surface area contributed by atoms with Gasteiger partial charge in [-0.2, -0.15) is 0 Å². The minimum atomic E-state index is -0.370. The van der Waals surface area contributed by atoms with Crippen molar-refractivity contribution in [1.29, 1.82) is 0 Å². The number of hydrogen-bond acceptors (Lipinski definition) is 8. The van der Waals surface area contributed by atoms with Gasteiger partial charge in [0.25, 0.3) is 0 Å². The van der Waals surface area contributed by atoms with Crippen LogP contribution in [0.25, 0.3) is 10.7 Å². The highest BCUT2D eigenvalue weighted by molar-refractivity contribution is 7.13. The predicted molar refractivity (Wildman–Crippen MR) is 118 cm³/mol. The molecular formula is C22H23N5O3S. The smallest absolute Gasteiger partial charge is 0.339 e. The van der Waals surface area contributed by atoms with Crippen molar-refractivity contribution in [2.24, 2.45) is 0 Å². The summed E-state index contributed by atoms with van der Waals surface area (Å²) in [7, 11) is 0. The summed E-state index contributed by atoms with van der Waals surface area (Å²) in [5, 5.41) is 2.75. The van der Waals surface area contributed by atoms with Crippen LogP contribution in [-0.4, -0.2) is 64.5 Å². The highest BCUT2D eigenvalue weighted by Gasteiger charge is 2.23. The van der Waals surface area contributed by atoms with Crippen LogP contribution in [0.3, 0.4) is 0 Å². The van der Waals surface area contributed by atoms with Gasteiger partial charge in [-0.3, -0.25) is 9.78 Å². The molecule has 160 valence electrons. The average molecular weight is 438 g/mol. The van der Waals surface area contributed by atoms with Crippen LogP contribution >= 0.6 is 11.3 Å². The zero-order valence-electron chi connectivity index (χ0n) is 17.2. The summed E-state index contributed by atoms with van der Waals surface area (Å²) >= 11 is 1.50. The number of esters is 1. The molecule has 0 aromatic carbocycles. The number of aromatic nitrogens is 3. The number of ether oxygens (including phenoxy) is 1. The standard InChI is InChI=1S/C22H23N5O3S/c1-2-30-22(29)16-6-7-19(24-14-16)26-9-11-27(12-10-26)20(28)13-17-15-31-21(25-17)18-5-3-4-8-23-18/h3-8,14-15H,2,9-13H2,1H3. The minimum absolute atomic E-state index is 0.0724. The monoisotopic (exact) mass is 437 g/mol. The summed E-state index contributed by atoms with van der Waals surface area (Å²) in [6.07, 6.45) is 3.56. The molecular weight excluding hydrogens is 414 g/mol. The lowest BCUT2D eigenvalue weighted by Gasteiger charge is -2.35. The van der Waals surface area contributed by atoms with Crippen molar-refractivity contribution in [1.82, 2.24) is 19.9 Å². The first-order valence-electron chi connectivity index (χ1n) is 10.2. The maximum atomic E-state index is 12.7. The highest BCUT2D eigenvalue weighted by atomic mass is 32.1. The van der Waals surface area contributed by atoms with Crippen LogP contribution in [0, 0.1) is 0 Å². The van der Waals surface area contributed by atoms with Crippen molar-refractivity contribution in [2.75, 3.05) is 37.7 Å². The molecule has 4 heterocycles. The molecule has 0 spiro atoms. The minimum Gasteiger partial charge on any atom is -0.462 e. The van der Waals surface area contributed by atoms with E-state index in [1.807, 2.05) is 34.5 Å². The van der Waals surface area contributed by atoms with Gasteiger partial charge in [0.2, 0.25) is 5.91 Å². The molecule has 3 aromatic rings. The van der Waals surface area contributed by atoms with Crippen LogP contribution in [0.1, 0.15) is 23.0 Å². The summed E-state index contributed by atoms with van der Waals surface area (Å²) in [6, 6.07) is 9.24. The predicted octanol–water partition coefficient (Wildman–Crippen LogP) is 2.67. The van der Waals surface area contributed by atoms with Gasteiger partial charge in [-0.25, -0.2) is 14.8 Å². The normalized spacial score (nSPS) is 13.8. The Morgan fingerprint density at radius 1 is 1.10 bits per heavy atom. The van der Waals surface area contributed by atoms with Gasteiger partial charge in [0.15, 0.2) is 0 Å². The maximum Gasteiger partial charge on any atom is 0.339 e. The quantitative estimate of drug-likeness (QED) is 0.548. The second-order valence-electron chi connectivity index (χ2n) is 7.03. The summed E-state index contributed by atoms with van der Waals surface area (Å²) in [4.78, 5) is 41.7. The molecule has 31 heavy (non-hydrogen) atoms. The Morgan fingerprint density at radius 2 is 1.94 bits per heavy atom. The van der Waals surface area contributed by atoms with Crippen molar-refractivity contribution in [2.45, 2.75) is 13.3 Å². The zero-order chi connectivity index (χ0) is 21.6. The van der Waals surface area contributed by atoms with Crippen LogP contribution in [0.15, 0.2) is 48.1 Å².